The molecule has 4 rings (SSSR count). The van der Waals surface area contributed by atoms with E-state index in [1.807, 2.05) is 42.5 Å². The number of benzene rings is 2. The molecule has 4 aromatic rings. The van der Waals surface area contributed by atoms with Gasteiger partial charge in [0.2, 0.25) is 0 Å². The number of ether oxygens (including phenoxy) is 2. The van der Waals surface area contributed by atoms with Crippen LogP contribution in [0.4, 0.5) is 0 Å². The molecule has 0 saturated carbocycles. The van der Waals surface area contributed by atoms with Crippen molar-refractivity contribution >= 4 is 55.2 Å². The fourth-order valence-corrected chi connectivity index (χ4v) is 3.91. The number of carbonyl (C=O) groups is 1. The summed E-state index contributed by atoms with van der Waals surface area (Å²) in [6.45, 7) is 0.233. The Labute approximate surface area is 180 Å². The summed E-state index contributed by atoms with van der Waals surface area (Å²) in [6.07, 6.45) is -0.517. The maximum absolute atomic E-state index is 13.1. The van der Waals surface area contributed by atoms with E-state index >= 15 is 0 Å². The molecular weight excluding hydrogens is 458 g/mol. The van der Waals surface area contributed by atoms with Gasteiger partial charge in [-0.3, -0.25) is 4.79 Å². The van der Waals surface area contributed by atoms with Crippen LogP contribution < -0.4 is 5.32 Å². The van der Waals surface area contributed by atoms with Crippen LogP contribution in [0, 0.1) is 0 Å². The maximum Gasteiger partial charge on any atom is 0.254 e. The lowest BCUT2D eigenvalue weighted by molar-refractivity contribution is -0.0974. The van der Waals surface area contributed by atoms with Gasteiger partial charge in [0.15, 0.2) is 6.29 Å². The minimum atomic E-state index is -0.517. The number of nitrogens with one attached hydrogen (secondary N) is 3. The number of hydrogen-bond donors (Lipinski definition) is 3. The minimum Gasteiger partial charge on any atom is -0.354 e. The second-order valence-corrected chi connectivity index (χ2v) is 7.94. The minimum absolute atomic E-state index is 0.218. The van der Waals surface area contributed by atoms with Crippen molar-refractivity contribution in [3.8, 4) is 11.4 Å². The van der Waals surface area contributed by atoms with Crippen LogP contribution >= 0.6 is 27.5 Å². The quantitative estimate of drug-likeness (QED) is 0.340. The molecule has 0 saturated heterocycles. The van der Waals surface area contributed by atoms with Gasteiger partial charge >= 0.3 is 0 Å². The Balaban J connectivity index is 1.81. The standard InChI is InChI=1S/C21H19BrClN3O3/c1-28-18(29-2)10-24-21(27)19-14-5-3-12(22)9-16(14)26-20(19)17-8-11-7-13(23)4-6-15(11)25-17/h3-9,18,25-26H,10H2,1-2H3,(H,24,27). The predicted molar refractivity (Wildman–Crippen MR) is 118 cm³/mol. The van der Waals surface area contributed by atoms with Gasteiger partial charge in [-0.15, -0.1) is 0 Å². The molecule has 29 heavy (non-hydrogen) atoms. The average Bonchev–Trinajstić information content (AvgIpc) is 3.28. The Morgan fingerprint density at radius 1 is 1.10 bits per heavy atom. The highest BCUT2D eigenvalue weighted by Gasteiger charge is 2.22. The fourth-order valence-electron chi connectivity index (χ4n) is 3.37. The van der Waals surface area contributed by atoms with Gasteiger partial charge in [-0.05, 0) is 36.4 Å². The highest BCUT2D eigenvalue weighted by molar-refractivity contribution is 9.10. The molecule has 2 aromatic heterocycles. The lowest BCUT2D eigenvalue weighted by Crippen LogP contribution is -2.34. The smallest absolute Gasteiger partial charge is 0.254 e. The first-order valence-corrected chi connectivity index (χ1v) is 10.1. The van der Waals surface area contributed by atoms with E-state index in [0.29, 0.717) is 16.3 Å². The van der Waals surface area contributed by atoms with Crippen molar-refractivity contribution in [1.82, 2.24) is 15.3 Å². The number of rotatable bonds is 6. The van der Waals surface area contributed by atoms with Crippen LogP contribution in [0.15, 0.2) is 46.9 Å². The zero-order valence-electron chi connectivity index (χ0n) is 15.8. The van der Waals surface area contributed by atoms with Gasteiger partial charge in [0.05, 0.1) is 23.5 Å². The Hall–Kier alpha value is -2.32. The zero-order valence-corrected chi connectivity index (χ0v) is 18.1. The molecule has 150 valence electrons. The van der Waals surface area contributed by atoms with Crippen molar-refractivity contribution in [3.63, 3.8) is 0 Å². The van der Waals surface area contributed by atoms with Gasteiger partial charge in [0.1, 0.15) is 0 Å². The van der Waals surface area contributed by atoms with Crippen molar-refractivity contribution in [2.24, 2.45) is 0 Å². The highest BCUT2D eigenvalue weighted by Crippen LogP contribution is 2.33. The molecule has 0 spiro atoms. The molecule has 0 aliphatic heterocycles. The van der Waals surface area contributed by atoms with E-state index in [4.69, 9.17) is 21.1 Å². The van der Waals surface area contributed by atoms with Gasteiger partial charge in [0, 0.05) is 45.5 Å². The van der Waals surface area contributed by atoms with Crippen LogP contribution in [-0.4, -0.2) is 42.9 Å². The topological polar surface area (TPSA) is 79.1 Å². The van der Waals surface area contributed by atoms with Gasteiger partial charge < -0.3 is 24.8 Å². The average molecular weight is 477 g/mol. The summed E-state index contributed by atoms with van der Waals surface area (Å²) < 4.78 is 11.3. The van der Waals surface area contributed by atoms with Crippen molar-refractivity contribution in [1.29, 1.82) is 0 Å². The van der Waals surface area contributed by atoms with Crippen LogP contribution in [0.2, 0.25) is 5.02 Å². The number of hydrogen-bond acceptors (Lipinski definition) is 3. The summed E-state index contributed by atoms with van der Waals surface area (Å²) in [4.78, 5) is 19.9. The molecule has 3 N–H and O–H groups in total. The second-order valence-electron chi connectivity index (χ2n) is 6.59. The molecule has 8 heteroatoms. The van der Waals surface area contributed by atoms with Crippen molar-refractivity contribution < 1.29 is 14.3 Å². The van der Waals surface area contributed by atoms with Crippen LogP contribution in [-0.2, 0) is 9.47 Å². The molecular formula is C21H19BrClN3O3. The Bertz CT molecular complexity index is 1200. The summed E-state index contributed by atoms with van der Waals surface area (Å²) in [5, 5.41) is 5.34. The van der Waals surface area contributed by atoms with Crippen LogP contribution in [0.1, 0.15) is 10.4 Å². The normalized spacial score (nSPS) is 11.6. The van der Waals surface area contributed by atoms with E-state index < -0.39 is 6.29 Å². The maximum atomic E-state index is 13.1. The number of H-pyrrole nitrogens is 2. The van der Waals surface area contributed by atoms with Crippen LogP contribution in [0.5, 0.6) is 0 Å². The fraction of sp³-hybridized carbons (Fsp3) is 0.190. The molecule has 0 radical (unpaired) electrons. The SMILES string of the molecule is COC(CNC(=O)c1c(-c2cc3cc(Cl)ccc3[nH]2)[nH]c2cc(Br)ccc12)OC. The number of aromatic nitrogens is 2. The van der Waals surface area contributed by atoms with E-state index in [1.54, 1.807) is 0 Å². The first kappa shape index (κ1) is 20.0. The monoisotopic (exact) mass is 475 g/mol. The lowest BCUT2D eigenvalue weighted by atomic mass is 10.1. The van der Waals surface area contributed by atoms with Gasteiger partial charge in [-0.2, -0.15) is 0 Å². The molecule has 0 unspecified atom stereocenters. The van der Waals surface area contributed by atoms with Crippen molar-refractivity contribution in [2.75, 3.05) is 20.8 Å². The first-order valence-electron chi connectivity index (χ1n) is 8.94. The summed E-state index contributed by atoms with van der Waals surface area (Å²) in [7, 11) is 3.06. The van der Waals surface area contributed by atoms with E-state index in [9.17, 15) is 4.79 Å². The molecule has 2 heterocycles. The highest BCUT2D eigenvalue weighted by atomic mass is 79.9. The molecule has 2 aromatic carbocycles. The lowest BCUT2D eigenvalue weighted by Gasteiger charge is -2.14. The number of fused-ring (bicyclic) bond motifs is 2. The predicted octanol–water partition coefficient (Wildman–Crippen LogP) is 5.08. The van der Waals surface area contributed by atoms with Gasteiger partial charge in [-0.1, -0.05) is 33.6 Å². The summed E-state index contributed by atoms with van der Waals surface area (Å²) in [5.74, 6) is -0.218. The second kappa shape index (κ2) is 8.20. The molecule has 0 fully saturated rings. The van der Waals surface area contributed by atoms with E-state index in [2.05, 4.69) is 31.2 Å². The van der Waals surface area contributed by atoms with E-state index in [0.717, 1.165) is 32.0 Å². The largest absolute Gasteiger partial charge is 0.354 e. The summed E-state index contributed by atoms with van der Waals surface area (Å²) >= 11 is 9.61. The van der Waals surface area contributed by atoms with Crippen molar-refractivity contribution in [2.45, 2.75) is 6.29 Å². The van der Waals surface area contributed by atoms with Crippen LogP contribution in [0.3, 0.4) is 0 Å². The van der Waals surface area contributed by atoms with E-state index in [1.165, 1.54) is 14.2 Å². The molecule has 0 aliphatic rings. The van der Waals surface area contributed by atoms with Gasteiger partial charge in [0.25, 0.3) is 5.91 Å². The first-order chi connectivity index (χ1) is 14.0. The zero-order chi connectivity index (χ0) is 20.5. The Kier molecular flexibility index (Phi) is 5.65. The molecule has 1 amide bonds. The molecule has 0 atom stereocenters. The van der Waals surface area contributed by atoms with Crippen LogP contribution in [0.25, 0.3) is 33.2 Å². The van der Waals surface area contributed by atoms with Crippen molar-refractivity contribution in [3.05, 3.63) is 57.5 Å². The number of aromatic amines is 2. The molecule has 0 aliphatic carbocycles. The third kappa shape index (κ3) is 3.91. The third-order valence-corrected chi connectivity index (χ3v) is 5.52. The Morgan fingerprint density at radius 3 is 2.66 bits per heavy atom. The molecule has 0 bridgehead atoms. The summed E-state index contributed by atoms with van der Waals surface area (Å²) in [5.41, 5.74) is 3.85. The third-order valence-electron chi connectivity index (χ3n) is 4.79. The molecule has 6 nitrogen and oxygen atoms in total. The summed E-state index contributed by atoms with van der Waals surface area (Å²) in [6, 6.07) is 13.4. The van der Waals surface area contributed by atoms with E-state index in [-0.39, 0.29) is 12.5 Å². The number of halogens is 2. The number of amides is 1. The number of methoxy groups -OCH3 is 2. The number of carbonyl (C=O) groups excluding carboxylic acids is 1. The Morgan fingerprint density at radius 2 is 1.90 bits per heavy atom. The van der Waals surface area contributed by atoms with Gasteiger partial charge in [-0.25, -0.2) is 0 Å².